The van der Waals surface area contributed by atoms with Gasteiger partial charge in [-0.3, -0.25) is 0 Å². The number of hydrogen-bond acceptors (Lipinski definition) is 3. The molecule has 1 heterocycles. The Balaban J connectivity index is 2.60. The molecule has 15 heavy (non-hydrogen) atoms. The van der Waals surface area contributed by atoms with Gasteiger partial charge in [-0.1, -0.05) is 32.0 Å². The van der Waals surface area contributed by atoms with Crippen LogP contribution >= 0.6 is 0 Å². The lowest BCUT2D eigenvalue weighted by Crippen LogP contribution is -2.34. The molecule has 1 aliphatic heterocycles. The first-order chi connectivity index (χ1) is 7.12. The Morgan fingerprint density at radius 2 is 2.00 bits per heavy atom. The second-order valence-electron chi connectivity index (χ2n) is 3.96. The third kappa shape index (κ3) is 1.27. The standard InChI is InChI=1S/C12H14O3/c1-8(2)12(14-3)10-7-5-4-6-9(10)11(13)15-12/h4-8H,1-3H3. The van der Waals surface area contributed by atoms with E-state index in [1.165, 1.54) is 0 Å². The van der Waals surface area contributed by atoms with Crippen molar-refractivity contribution in [2.45, 2.75) is 19.6 Å². The van der Waals surface area contributed by atoms with Gasteiger partial charge in [0.1, 0.15) is 0 Å². The highest BCUT2D eigenvalue weighted by Crippen LogP contribution is 2.42. The minimum Gasteiger partial charge on any atom is -0.425 e. The second-order valence-corrected chi connectivity index (χ2v) is 3.96. The number of benzene rings is 1. The molecule has 0 radical (unpaired) electrons. The second kappa shape index (κ2) is 3.35. The number of fused-ring (bicyclic) bond motifs is 1. The van der Waals surface area contributed by atoms with E-state index in [1.807, 2.05) is 32.0 Å². The van der Waals surface area contributed by atoms with Gasteiger partial charge in [-0.05, 0) is 6.07 Å². The lowest BCUT2D eigenvalue weighted by Gasteiger charge is -2.30. The maximum absolute atomic E-state index is 11.6. The highest BCUT2D eigenvalue weighted by Gasteiger charge is 2.48. The number of esters is 1. The Hall–Kier alpha value is -1.35. The molecule has 1 unspecified atom stereocenters. The number of cyclic esters (lactones) is 1. The normalized spacial score (nSPS) is 24.1. The fourth-order valence-electron chi connectivity index (χ4n) is 2.03. The summed E-state index contributed by atoms with van der Waals surface area (Å²) in [7, 11) is 1.56. The highest BCUT2D eigenvalue weighted by molar-refractivity contribution is 5.94. The third-order valence-corrected chi connectivity index (χ3v) is 2.83. The Kier molecular flexibility index (Phi) is 2.27. The molecule has 0 N–H and O–H groups in total. The lowest BCUT2D eigenvalue weighted by atomic mass is 9.93. The SMILES string of the molecule is COC1(C(C)C)OC(=O)c2ccccc21. The van der Waals surface area contributed by atoms with Gasteiger partial charge in [0.2, 0.25) is 5.79 Å². The number of carbonyl (C=O) groups excluding carboxylic acids is 1. The first kappa shape index (κ1) is 10.2. The molecule has 1 aliphatic rings. The molecule has 0 aliphatic carbocycles. The summed E-state index contributed by atoms with van der Waals surface area (Å²) in [5.74, 6) is -1.13. The molecule has 1 aromatic carbocycles. The monoisotopic (exact) mass is 206 g/mol. The van der Waals surface area contributed by atoms with E-state index < -0.39 is 5.79 Å². The van der Waals surface area contributed by atoms with Crippen molar-refractivity contribution in [3.8, 4) is 0 Å². The largest absolute Gasteiger partial charge is 0.425 e. The zero-order valence-electron chi connectivity index (χ0n) is 9.11. The summed E-state index contributed by atoms with van der Waals surface area (Å²) in [6.07, 6.45) is 0. The molecule has 0 spiro atoms. The molecule has 3 heteroatoms. The van der Waals surface area contributed by atoms with Gasteiger partial charge >= 0.3 is 5.97 Å². The molecule has 2 rings (SSSR count). The van der Waals surface area contributed by atoms with Crippen molar-refractivity contribution >= 4 is 5.97 Å². The molecule has 3 nitrogen and oxygen atoms in total. The van der Waals surface area contributed by atoms with Crippen LogP contribution in [0.5, 0.6) is 0 Å². The first-order valence-corrected chi connectivity index (χ1v) is 5.00. The maximum Gasteiger partial charge on any atom is 0.341 e. The quantitative estimate of drug-likeness (QED) is 0.696. The van der Waals surface area contributed by atoms with Crippen LogP contribution in [0.1, 0.15) is 29.8 Å². The van der Waals surface area contributed by atoms with Crippen LogP contribution in [0.15, 0.2) is 24.3 Å². The fourth-order valence-corrected chi connectivity index (χ4v) is 2.03. The van der Waals surface area contributed by atoms with Crippen molar-refractivity contribution < 1.29 is 14.3 Å². The summed E-state index contributed by atoms with van der Waals surface area (Å²) < 4.78 is 10.8. The minimum absolute atomic E-state index is 0.0788. The molecule has 0 aromatic heterocycles. The van der Waals surface area contributed by atoms with Gasteiger partial charge in [0.05, 0.1) is 5.56 Å². The Morgan fingerprint density at radius 3 is 2.60 bits per heavy atom. The van der Waals surface area contributed by atoms with E-state index >= 15 is 0 Å². The predicted molar refractivity (Wildman–Crippen MR) is 55.4 cm³/mol. The summed E-state index contributed by atoms with van der Waals surface area (Å²) in [5.41, 5.74) is 1.43. The minimum atomic E-state index is -0.909. The van der Waals surface area contributed by atoms with Crippen molar-refractivity contribution in [1.29, 1.82) is 0 Å². The number of rotatable bonds is 2. The van der Waals surface area contributed by atoms with Crippen LogP contribution in [0.25, 0.3) is 0 Å². The van der Waals surface area contributed by atoms with Crippen LogP contribution in [0, 0.1) is 5.92 Å². The molecule has 0 amide bonds. The van der Waals surface area contributed by atoms with Gasteiger partial charge < -0.3 is 9.47 Å². The maximum atomic E-state index is 11.6. The van der Waals surface area contributed by atoms with E-state index in [9.17, 15) is 4.79 Å². The van der Waals surface area contributed by atoms with Gasteiger partial charge in [0, 0.05) is 18.6 Å². The summed E-state index contributed by atoms with van der Waals surface area (Å²) in [5, 5.41) is 0. The zero-order valence-corrected chi connectivity index (χ0v) is 9.11. The van der Waals surface area contributed by atoms with Gasteiger partial charge in [-0.25, -0.2) is 4.79 Å². The molecular weight excluding hydrogens is 192 g/mol. The smallest absolute Gasteiger partial charge is 0.341 e. The van der Waals surface area contributed by atoms with Crippen molar-refractivity contribution in [2.75, 3.05) is 7.11 Å². The molecule has 0 saturated carbocycles. The van der Waals surface area contributed by atoms with Crippen molar-refractivity contribution in [1.82, 2.24) is 0 Å². The Bertz CT molecular complexity index is 398. The van der Waals surface area contributed by atoms with Gasteiger partial charge in [-0.2, -0.15) is 0 Å². The van der Waals surface area contributed by atoms with Crippen LogP contribution in [-0.4, -0.2) is 13.1 Å². The van der Waals surface area contributed by atoms with E-state index in [2.05, 4.69) is 0 Å². The van der Waals surface area contributed by atoms with Crippen LogP contribution < -0.4 is 0 Å². The molecule has 0 saturated heterocycles. The van der Waals surface area contributed by atoms with E-state index in [4.69, 9.17) is 9.47 Å². The number of ether oxygens (including phenoxy) is 2. The summed E-state index contributed by atoms with van der Waals surface area (Å²) in [4.78, 5) is 11.6. The number of carbonyl (C=O) groups is 1. The highest BCUT2D eigenvalue weighted by atomic mass is 16.7. The summed E-state index contributed by atoms with van der Waals surface area (Å²) in [6.45, 7) is 3.94. The van der Waals surface area contributed by atoms with Crippen LogP contribution in [0.4, 0.5) is 0 Å². The van der Waals surface area contributed by atoms with Gasteiger partial charge in [-0.15, -0.1) is 0 Å². The fraction of sp³-hybridized carbons (Fsp3) is 0.417. The predicted octanol–water partition coefficient (Wildman–Crippen LogP) is 2.31. The molecule has 80 valence electrons. The molecule has 0 bridgehead atoms. The molecule has 1 atom stereocenters. The van der Waals surface area contributed by atoms with Crippen LogP contribution in [0.2, 0.25) is 0 Å². The van der Waals surface area contributed by atoms with Crippen molar-refractivity contribution in [3.05, 3.63) is 35.4 Å². The van der Waals surface area contributed by atoms with Gasteiger partial charge in [0.15, 0.2) is 0 Å². The van der Waals surface area contributed by atoms with Crippen molar-refractivity contribution in [2.24, 2.45) is 5.92 Å². The van der Waals surface area contributed by atoms with E-state index in [0.29, 0.717) is 5.56 Å². The number of hydrogen-bond donors (Lipinski definition) is 0. The van der Waals surface area contributed by atoms with Crippen LogP contribution in [-0.2, 0) is 15.3 Å². The molecule has 1 aromatic rings. The van der Waals surface area contributed by atoms with E-state index in [1.54, 1.807) is 13.2 Å². The Labute approximate surface area is 89.0 Å². The molecular formula is C12H14O3. The summed E-state index contributed by atoms with van der Waals surface area (Å²) in [6, 6.07) is 7.35. The number of methoxy groups -OCH3 is 1. The topological polar surface area (TPSA) is 35.5 Å². The zero-order chi connectivity index (χ0) is 11.1. The lowest BCUT2D eigenvalue weighted by molar-refractivity contribution is -0.214. The van der Waals surface area contributed by atoms with Crippen LogP contribution in [0.3, 0.4) is 0 Å². The third-order valence-electron chi connectivity index (χ3n) is 2.83. The van der Waals surface area contributed by atoms with Gasteiger partial charge in [0.25, 0.3) is 0 Å². The van der Waals surface area contributed by atoms with Crippen molar-refractivity contribution in [3.63, 3.8) is 0 Å². The van der Waals surface area contributed by atoms with E-state index in [0.717, 1.165) is 5.56 Å². The average molecular weight is 206 g/mol. The Morgan fingerprint density at radius 1 is 1.33 bits per heavy atom. The van der Waals surface area contributed by atoms with E-state index in [-0.39, 0.29) is 11.9 Å². The average Bonchev–Trinajstić information content (AvgIpc) is 2.54. The molecule has 0 fully saturated rings. The first-order valence-electron chi connectivity index (χ1n) is 5.00. The summed E-state index contributed by atoms with van der Waals surface area (Å²) >= 11 is 0.